The first-order valence-corrected chi connectivity index (χ1v) is 10.2. The number of nitrogens with zero attached hydrogens (tertiary/aromatic N) is 2. The molecule has 152 valence electrons. The van der Waals surface area contributed by atoms with Gasteiger partial charge in [-0.15, -0.1) is 10.2 Å². The van der Waals surface area contributed by atoms with Gasteiger partial charge in [-0.3, -0.25) is 4.79 Å². The first-order valence-electron chi connectivity index (χ1n) is 10.2. The first-order chi connectivity index (χ1) is 13.9. The van der Waals surface area contributed by atoms with Crippen LogP contribution in [-0.2, 0) is 17.6 Å². The molecule has 0 radical (unpaired) electrons. The van der Waals surface area contributed by atoms with E-state index in [0.717, 1.165) is 17.5 Å². The Bertz CT molecular complexity index is 928. The van der Waals surface area contributed by atoms with Crippen molar-refractivity contribution in [2.24, 2.45) is 5.92 Å². The molecule has 0 spiro atoms. The smallest absolute Gasteiger partial charge is 0.247 e. The first kappa shape index (κ1) is 20.8. The molecule has 5 nitrogen and oxygen atoms in total. The number of rotatable bonds is 8. The summed E-state index contributed by atoms with van der Waals surface area (Å²) in [6.45, 7) is 8.45. The minimum Gasteiger partial charge on any atom is -0.421 e. The molecule has 0 saturated heterocycles. The SMILES string of the molecule is Cc1ccc(-c2nnc(CCC(=O)N[C@@H](C)c3ccc(CC(C)C)cc3)o2)cc1. The van der Waals surface area contributed by atoms with Crippen molar-refractivity contribution in [1.29, 1.82) is 0 Å². The number of carbonyl (C=O) groups excluding carboxylic acids is 1. The number of hydrogen-bond donors (Lipinski definition) is 1. The molecule has 0 fully saturated rings. The minimum absolute atomic E-state index is 0.0288. The monoisotopic (exact) mass is 391 g/mol. The second kappa shape index (κ2) is 9.50. The Morgan fingerprint density at radius 1 is 1.00 bits per heavy atom. The summed E-state index contributed by atoms with van der Waals surface area (Å²) in [5.74, 6) is 1.56. The molecule has 29 heavy (non-hydrogen) atoms. The van der Waals surface area contributed by atoms with Gasteiger partial charge in [-0.05, 0) is 49.4 Å². The number of benzene rings is 2. The van der Waals surface area contributed by atoms with Crippen molar-refractivity contribution in [3.05, 3.63) is 71.1 Å². The molecular weight excluding hydrogens is 362 g/mol. The van der Waals surface area contributed by atoms with E-state index in [1.54, 1.807) is 0 Å². The Hall–Kier alpha value is -2.95. The largest absolute Gasteiger partial charge is 0.421 e. The highest BCUT2D eigenvalue weighted by Crippen LogP contribution is 2.19. The van der Waals surface area contributed by atoms with E-state index in [-0.39, 0.29) is 11.9 Å². The van der Waals surface area contributed by atoms with Gasteiger partial charge < -0.3 is 9.73 Å². The van der Waals surface area contributed by atoms with Crippen LogP contribution in [0.3, 0.4) is 0 Å². The van der Waals surface area contributed by atoms with Crippen LogP contribution < -0.4 is 5.32 Å². The molecule has 0 unspecified atom stereocenters. The van der Waals surface area contributed by atoms with E-state index < -0.39 is 0 Å². The van der Waals surface area contributed by atoms with Crippen LogP contribution in [0, 0.1) is 12.8 Å². The van der Waals surface area contributed by atoms with E-state index in [0.29, 0.717) is 30.5 Å². The lowest BCUT2D eigenvalue weighted by Crippen LogP contribution is -2.26. The predicted molar refractivity (Wildman–Crippen MR) is 114 cm³/mol. The summed E-state index contributed by atoms with van der Waals surface area (Å²) >= 11 is 0. The third-order valence-corrected chi connectivity index (χ3v) is 4.83. The van der Waals surface area contributed by atoms with E-state index in [9.17, 15) is 4.79 Å². The van der Waals surface area contributed by atoms with Gasteiger partial charge in [-0.1, -0.05) is 55.8 Å². The summed E-state index contributed by atoms with van der Waals surface area (Å²) in [7, 11) is 0. The van der Waals surface area contributed by atoms with Gasteiger partial charge in [0.2, 0.25) is 17.7 Å². The summed E-state index contributed by atoms with van der Waals surface area (Å²) in [6.07, 6.45) is 1.80. The van der Waals surface area contributed by atoms with Crippen LogP contribution in [0.15, 0.2) is 52.9 Å². The molecule has 0 aliphatic rings. The fourth-order valence-electron chi connectivity index (χ4n) is 3.20. The number of nitrogens with one attached hydrogen (secondary N) is 1. The average Bonchev–Trinajstić information content (AvgIpc) is 3.16. The molecule has 3 rings (SSSR count). The zero-order chi connectivity index (χ0) is 20.8. The summed E-state index contributed by atoms with van der Waals surface area (Å²) in [4.78, 5) is 12.3. The molecule has 0 aliphatic carbocycles. The molecule has 1 amide bonds. The molecule has 5 heteroatoms. The zero-order valence-electron chi connectivity index (χ0n) is 17.6. The van der Waals surface area contributed by atoms with Crippen molar-refractivity contribution >= 4 is 5.91 Å². The van der Waals surface area contributed by atoms with E-state index in [1.807, 2.05) is 38.1 Å². The van der Waals surface area contributed by atoms with Gasteiger partial charge in [0.05, 0.1) is 6.04 Å². The fourth-order valence-corrected chi connectivity index (χ4v) is 3.20. The third-order valence-electron chi connectivity index (χ3n) is 4.83. The highest BCUT2D eigenvalue weighted by Gasteiger charge is 2.13. The van der Waals surface area contributed by atoms with Gasteiger partial charge in [0, 0.05) is 18.4 Å². The third kappa shape index (κ3) is 6.01. The summed E-state index contributed by atoms with van der Waals surface area (Å²) < 4.78 is 5.69. The van der Waals surface area contributed by atoms with Crippen LogP contribution in [0.2, 0.25) is 0 Å². The van der Waals surface area contributed by atoms with Gasteiger partial charge in [-0.2, -0.15) is 0 Å². The van der Waals surface area contributed by atoms with Crippen LogP contribution in [0.25, 0.3) is 11.5 Å². The van der Waals surface area contributed by atoms with Crippen molar-refractivity contribution in [2.45, 2.75) is 53.0 Å². The van der Waals surface area contributed by atoms with Crippen molar-refractivity contribution < 1.29 is 9.21 Å². The van der Waals surface area contributed by atoms with Crippen LogP contribution in [0.5, 0.6) is 0 Å². The molecule has 3 aromatic rings. The molecule has 0 bridgehead atoms. The lowest BCUT2D eigenvalue weighted by molar-refractivity contribution is -0.121. The Morgan fingerprint density at radius 2 is 1.69 bits per heavy atom. The van der Waals surface area contributed by atoms with Crippen LogP contribution in [0.1, 0.15) is 55.8 Å². The number of aromatic nitrogens is 2. The molecule has 2 aromatic carbocycles. The molecule has 0 aliphatic heterocycles. The van der Waals surface area contributed by atoms with Crippen molar-refractivity contribution in [1.82, 2.24) is 15.5 Å². The summed E-state index contributed by atoms with van der Waals surface area (Å²) in [6, 6.07) is 16.3. The number of aryl methyl sites for hydroxylation is 2. The molecule has 0 saturated carbocycles. The second-order valence-electron chi connectivity index (χ2n) is 8.00. The number of hydrogen-bond acceptors (Lipinski definition) is 4. The zero-order valence-corrected chi connectivity index (χ0v) is 17.6. The quantitative estimate of drug-likeness (QED) is 0.583. The Kier molecular flexibility index (Phi) is 6.81. The highest BCUT2D eigenvalue weighted by atomic mass is 16.4. The second-order valence-corrected chi connectivity index (χ2v) is 8.00. The molecule has 1 aromatic heterocycles. The van der Waals surface area contributed by atoms with Crippen molar-refractivity contribution in [2.75, 3.05) is 0 Å². The maximum absolute atomic E-state index is 12.3. The Morgan fingerprint density at radius 3 is 2.34 bits per heavy atom. The molecule has 1 heterocycles. The summed E-state index contributed by atoms with van der Waals surface area (Å²) in [5, 5.41) is 11.2. The topological polar surface area (TPSA) is 68.0 Å². The van der Waals surface area contributed by atoms with Gasteiger partial charge in [0.1, 0.15) is 0 Å². The lowest BCUT2D eigenvalue weighted by Gasteiger charge is -2.15. The van der Waals surface area contributed by atoms with Crippen molar-refractivity contribution in [3.63, 3.8) is 0 Å². The standard InChI is InChI=1S/C24H29N3O2/c1-16(2)15-19-7-11-20(12-8-19)18(4)25-22(28)13-14-23-26-27-24(29-23)21-9-5-17(3)6-10-21/h5-12,16,18H,13-15H2,1-4H3,(H,25,28)/t18-/m0/s1. The molecule has 1 N–H and O–H groups in total. The van der Waals surface area contributed by atoms with Gasteiger partial charge >= 0.3 is 0 Å². The lowest BCUT2D eigenvalue weighted by atomic mass is 10.00. The molecule has 1 atom stereocenters. The summed E-state index contributed by atoms with van der Waals surface area (Å²) in [5.41, 5.74) is 4.48. The van der Waals surface area contributed by atoms with E-state index in [1.165, 1.54) is 11.1 Å². The van der Waals surface area contributed by atoms with Crippen LogP contribution in [0.4, 0.5) is 0 Å². The fraction of sp³-hybridized carbons (Fsp3) is 0.375. The van der Waals surface area contributed by atoms with E-state index in [2.05, 4.69) is 53.6 Å². The van der Waals surface area contributed by atoms with Crippen LogP contribution >= 0.6 is 0 Å². The average molecular weight is 392 g/mol. The Labute approximate surface area is 172 Å². The minimum atomic E-state index is -0.0404. The maximum Gasteiger partial charge on any atom is 0.247 e. The van der Waals surface area contributed by atoms with E-state index >= 15 is 0 Å². The normalized spacial score (nSPS) is 12.2. The van der Waals surface area contributed by atoms with Crippen LogP contribution in [-0.4, -0.2) is 16.1 Å². The van der Waals surface area contributed by atoms with Crippen molar-refractivity contribution in [3.8, 4) is 11.5 Å². The molecular formula is C24H29N3O2. The highest BCUT2D eigenvalue weighted by molar-refractivity contribution is 5.76. The number of carbonyl (C=O) groups is 1. The maximum atomic E-state index is 12.3. The number of amides is 1. The van der Waals surface area contributed by atoms with Gasteiger partial charge in [0.15, 0.2) is 0 Å². The Balaban J connectivity index is 1.50. The van der Waals surface area contributed by atoms with E-state index in [4.69, 9.17) is 4.42 Å². The van der Waals surface area contributed by atoms with Gasteiger partial charge in [-0.25, -0.2) is 0 Å². The van der Waals surface area contributed by atoms with Gasteiger partial charge in [0.25, 0.3) is 0 Å². The predicted octanol–water partition coefficient (Wildman–Crippen LogP) is 5.05.